The van der Waals surface area contributed by atoms with E-state index in [0.717, 1.165) is 32.7 Å². The van der Waals surface area contributed by atoms with Crippen molar-refractivity contribution in [2.45, 2.75) is 103 Å². The van der Waals surface area contributed by atoms with Crippen molar-refractivity contribution in [3.8, 4) is 0 Å². The van der Waals surface area contributed by atoms with E-state index in [1.54, 1.807) is 6.92 Å². The zero-order valence-electron chi connectivity index (χ0n) is 36.1. The van der Waals surface area contributed by atoms with Crippen molar-refractivity contribution in [3.63, 3.8) is 0 Å². The van der Waals surface area contributed by atoms with Crippen molar-refractivity contribution >= 4 is 62.9 Å². The van der Waals surface area contributed by atoms with E-state index in [1.165, 1.54) is 11.8 Å². The minimum absolute atomic E-state index is 0.0672. The summed E-state index contributed by atoms with van der Waals surface area (Å²) in [6, 6.07) is 22.2. The summed E-state index contributed by atoms with van der Waals surface area (Å²) >= 11 is 0. The Hall–Kier alpha value is -6.51. The average Bonchev–Trinajstić information content (AvgIpc) is 3.74. The molecule has 0 bridgehead atoms. The lowest BCUT2D eigenvalue weighted by atomic mass is 9.98. The normalized spacial score (nSPS) is 15.6. The molecule has 6 amide bonds. The molecule has 0 radical (unpaired) electrons. The van der Waals surface area contributed by atoms with E-state index in [9.17, 15) is 28.8 Å². The molecule has 15 nitrogen and oxygen atoms in total. The molecular formula is C47H61N9O6. The Morgan fingerprint density at radius 1 is 0.710 bits per heavy atom. The number of fused-ring (bicyclic) bond motifs is 2. The molecule has 0 aromatic heterocycles. The van der Waals surface area contributed by atoms with Crippen LogP contribution in [0.1, 0.15) is 70.9 Å². The predicted molar refractivity (Wildman–Crippen MR) is 241 cm³/mol. The van der Waals surface area contributed by atoms with Crippen molar-refractivity contribution in [3.05, 3.63) is 96.1 Å². The second kappa shape index (κ2) is 22.4. The lowest BCUT2D eigenvalue weighted by Crippen LogP contribution is -2.59. The van der Waals surface area contributed by atoms with Gasteiger partial charge in [0.15, 0.2) is 5.96 Å². The van der Waals surface area contributed by atoms with E-state index in [0.29, 0.717) is 32.4 Å². The first-order chi connectivity index (χ1) is 29.7. The standard InChI is InChI=1S/C47H61N9O6/c1-5-50-45(61)41-17-11-23-56(41)46(62)37(16-10-22-51-47(48)49)53-42(58)38(24-29(2)3)54-44(60)40(28-32-19-21-34-13-7-9-15-36(34)26-32)55-43(59)39(52-30(4)57)27-31-18-20-33-12-6-8-14-35(33)25-31/h6-9,12-15,18-21,25-26,29,37-41H,5,10-11,16-17,22-24,27-28H2,1-4H3,(H,50,61)(H,52,57)(H,53,58)(H,54,60)(H,55,59)(H4,48,49,51)/t37-,38-,39-,40-,41-/m0/s1. The number of likely N-dealkylation sites (tertiary alicyclic amines) is 1. The number of benzene rings is 4. The van der Waals surface area contributed by atoms with Gasteiger partial charge in [0, 0.05) is 39.4 Å². The van der Waals surface area contributed by atoms with Crippen LogP contribution in [0.4, 0.5) is 0 Å². The van der Waals surface area contributed by atoms with Crippen LogP contribution in [0.25, 0.3) is 21.5 Å². The van der Waals surface area contributed by atoms with Gasteiger partial charge in [0.2, 0.25) is 35.4 Å². The highest BCUT2D eigenvalue weighted by molar-refractivity contribution is 5.97. The molecule has 15 heteroatoms. The molecule has 1 heterocycles. The van der Waals surface area contributed by atoms with Gasteiger partial charge in [-0.2, -0.15) is 0 Å². The van der Waals surface area contributed by atoms with E-state index in [4.69, 9.17) is 11.5 Å². The molecule has 5 rings (SSSR count). The van der Waals surface area contributed by atoms with E-state index in [2.05, 4.69) is 31.6 Å². The second-order valence-corrected chi connectivity index (χ2v) is 16.4. The SMILES string of the molecule is CCNC(=O)[C@@H]1CCCN1C(=O)[C@H](CCCN=C(N)N)NC(=O)[C@H](CC(C)C)NC(=O)[C@H](Cc1ccc2ccccc2c1)NC(=O)[C@H](Cc1ccc2ccccc2c1)NC(C)=O. The van der Waals surface area contributed by atoms with Crippen LogP contribution in [0.3, 0.4) is 0 Å². The highest BCUT2D eigenvalue weighted by atomic mass is 16.2. The van der Waals surface area contributed by atoms with Gasteiger partial charge in [-0.05, 0) is 77.6 Å². The Morgan fingerprint density at radius 3 is 1.76 bits per heavy atom. The summed E-state index contributed by atoms with van der Waals surface area (Å²) in [6.45, 7) is 7.93. The van der Waals surface area contributed by atoms with Crippen LogP contribution < -0.4 is 38.1 Å². The fourth-order valence-electron chi connectivity index (χ4n) is 7.94. The monoisotopic (exact) mass is 847 g/mol. The van der Waals surface area contributed by atoms with Gasteiger partial charge in [-0.3, -0.25) is 33.8 Å². The maximum atomic E-state index is 14.5. The van der Waals surface area contributed by atoms with Crippen LogP contribution >= 0.6 is 0 Å². The summed E-state index contributed by atoms with van der Waals surface area (Å²) in [7, 11) is 0. The van der Waals surface area contributed by atoms with Crippen molar-refractivity contribution in [2.75, 3.05) is 19.6 Å². The Kier molecular flexibility index (Phi) is 16.8. The van der Waals surface area contributed by atoms with Gasteiger partial charge in [0.1, 0.15) is 30.2 Å². The predicted octanol–water partition coefficient (Wildman–Crippen LogP) is 2.96. The molecule has 9 N–H and O–H groups in total. The van der Waals surface area contributed by atoms with E-state index in [-0.39, 0.29) is 50.0 Å². The van der Waals surface area contributed by atoms with Gasteiger partial charge in [-0.1, -0.05) is 98.8 Å². The van der Waals surface area contributed by atoms with Gasteiger partial charge in [0.05, 0.1) is 0 Å². The Balaban J connectivity index is 1.41. The zero-order valence-corrected chi connectivity index (χ0v) is 36.1. The van der Waals surface area contributed by atoms with Gasteiger partial charge in [-0.25, -0.2) is 0 Å². The van der Waals surface area contributed by atoms with Gasteiger partial charge >= 0.3 is 0 Å². The van der Waals surface area contributed by atoms with Crippen LogP contribution in [0, 0.1) is 5.92 Å². The maximum Gasteiger partial charge on any atom is 0.245 e. The highest BCUT2D eigenvalue weighted by Crippen LogP contribution is 2.22. The van der Waals surface area contributed by atoms with E-state index >= 15 is 0 Å². The largest absolute Gasteiger partial charge is 0.370 e. The molecule has 62 heavy (non-hydrogen) atoms. The molecule has 0 spiro atoms. The lowest BCUT2D eigenvalue weighted by molar-refractivity contribution is -0.142. The molecule has 1 fully saturated rings. The first-order valence-corrected chi connectivity index (χ1v) is 21.5. The first-order valence-electron chi connectivity index (χ1n) is 21.5. The number of hydrogen-bond acceptors (Lipinski definition) is 7. The molecule has 5 atom stereocenters. The Morgan fingerprint density at radius 2 is 1.23 bits per heavy atom. The quantitative estimate of drug-likeness (QED) is 0.0396. The minimum atomic E-state index is -1.17. The van der Waals surface area contributed by atoms with Crippen molar-refractivity contribution in [1.29, 1.82) is 0 Å². The maximum absolute atomic E-state index is 14.5. The van der Waals surface area contributed by atoms with Crippen LogP contribution in [0.15, 0.2) is 89.9 Å². The van der Waals surface area contributed by atoms with Crippen LogP contribution in [-0.4, -0.2) is 96.1 Å². The summed E-state index contributed by atoms with van der Waals surface area (Å²) in [5.74, 6) is -3.04. The molecule has 0 saturated carbocycles. The second-order valence-electron chi connectivity index (χ2n) is 16.4. The summed E-state index contributed by atoms with van der Waals surface area (Å²) in [5.41, 5.74) is 12.6. The summed E-state index contributed by atoms with van der Waals surface area (Å²) in [6.07, 6.45) is 2.09. The summed E-state index contributed by atoms with van der Waals surface area (Å²) < 4.78 is 0. The number of carbonyl (C=O) groups is 6. The smallest absolute Gasteiger partial charge is 0.245 e. The number of nitrogens with two attached hydrogens (primary N) is 2. The zero-order chi connectivity index (χ0) is 44.8. The molecule has 4 aromatic rings. The summed E-state index contributed by atoms with van der Waals surface area (Å²) in [5, 5.41) is 18.2. The van der Waals surface area contributed by atoms with Crippen LogP contribution in [0.5, 0.6) is 0 Å². The Bertz CT molecular complexity index is 2260. The molecule has 1 aliphatic heterocycles. The molecule has 1 saturated heterocycles. The minimum Gasteiger partial charge on any atom is -0.370 e. The first kappa shape index (κ1) is 46.6. The highest BCUT2D eigenvalue weighted by Gasteiger charge is 2.38. The molecular weight excluding hydrogens is 787 g/mol. The number of rotatable bonds is 20. The molecule has 0 unspecified atom stereocenters. The van der Waals surface area contributed by atoms with Gasteiger partial charge < -0.3 is 43.0 Å². The number of aliphatic imine (C=N–C) groups is 1. The average molecular weight is 848 g/mol. The van der Waals surface area contributed by atoms with Crippen molar-refractivity contribution in [1.82, 2.24) is 31.5 Å². The third-order valence-electron chi connectivity index (χ3n) is 10.9. The topological polar surface area (TPSA) is 230 Å². The van der Waals surface area contributed by atoms with Gasteiger partial charge in [0.25, 0.3) is 0 Å². The number of likely N-dealkylation sites (N-methyl/N-ethyl adjacent to an activating group) is 1. The summed E-state index contributed by atoms with van der Waals surface area (Å²) in [4.78, 5) is 88.1. The molecule has 0 aliphatic carbocycles. The third kappa shape index (κ3) is 13.2. The van der Waals surface area contributed by atoms with Crippen LogP contribution in [0.2, 0.25) is 0 Å². The number of amides is 6. The molecule has 4 aromatic carbocycles. The lowest BCUT2D eigenvalue weighted by Gasteiger charge is -2.30. The fourth-order valence-corrected chi connectivity index (χ4v) is 7.94. The number of hydrogen-bond donors (Lipinski definition) is 7. The number of carbonyl (C=O) groups excluding carboxylic acids is 6. The Labute approximate surface area is 363 Å². The number of nitrogens with zero attached hydrogens (tertiary/aromatic N) is 2. The van der Waals surface area contributed by atoms with E-state index in [1.807, 2.05) is 98.8 Å². The van der Waals surface area contributed by atoms with Crippen molar-refractivity contribution < 1.29 is 28.8 Å². The fraction of sp³-hybridized carbons (Fsp3) is 0.426. The van der Waals surface area contributed by atoms with Crippen LogP contribution in [-0.2, 0) is 41.6 Å². The molecule has 330 valence electrons. The molecule has 1 aliphatic rings. The number of nitrogens with one attached hydrogen (secondary N) is 5. The van der Waals surface area contributed by atoms with Crippen molar-refractivity contribution in [2.24, 2.45) is 22.4 Å². The third-order valence-corrected chi connectivity index (χ3v) is 10.9. The van der Waals surface area contributed by atoms with Gasteiger partial charge in [-0.15, -0.1) is 0 Å². The number of guanidine groups is 1. The van der Waals surface area contributed by atoms with E-state index < -0.39 is 59.7 Å².